The Bertz CT molecular complexity index is 290. The van der Waals surface area contributed by atoms with Crippen molar-refractivity contribution < 1.29 is 9.59 Å². The van der Waals surface area contributed by atoms with Crippen molar-refractivity contribution in [3.05, 3.63) is 0 Å². The summed E-state index contributed by atoms with van der Waals surface area (Å²) >= 11 is 0. The van der Waals surface area contributed by atoms with Gasteiger partial charge in [-0.2, -0.15) is 0 Å². The summed E-state index contributed by atoms with van der Waals surface area (Å²) in [6, 6.07) is -0.336. The van der Waals surface area contributed by atoms with Gasteiger partial charge in [-0.15, -0.1) is 0 Å². The van der Waals surface area contributed by atoms with E-state index in [0.717, 1.165) is 0 Å². The molecule has 0 aromatic rings. The van der Waals surface area contributed by atoms with Crippen molar-refractivity contribution in [2.24, 2.45) is 0 Å². The second-order valence-corrected chi connectivity index (χ2v) is 3.55. The van der Waals surface area contributed by atoms with Crippen LogP contribution < -0.4 is 10.9 Å². The molecule has 2 heterocycles. The molecule has 2 atom stereocenters. The zero-order valence-electron chi connectivity index (χ0n) is 8.31. The molecule has 2 N–H and O–H groups in total. The van der Waals surface area contributed by atoms with E-state index in [1.165, 1.54) is 9.80 Å². The quantitative estimate of drug-likeness (QED) is 0.514. The Hall–Kier alpha value is -1.50. The molecular weight excluding hydrogens is 186 g/mol. The highest BCUT2D eigenvalue weighted by molar-refractivity contribution is 5.81. The van der Waals surface area contributed by atoms with Crippen LogP contribution in [0.1, 0.15) is 0 Å². The average molecular weight is 199 g/mol. The Kier molecular flexibility index (Phi) is 1.78. The van der Waals surface area contributed by atoms with Crippen LogP contribution in [0.5, 0.6) is 0 Å². The van der Waals surface area contributed by atoms with E-state index in [0.29, 0.717) is 0 Å². The number of hydrazine groups is 1. The molecule has 0 spiro atoms. The second kappa shape index (κ2) is 2.74. The van der Waals surface area contributed by atoms with Gasteiger partial charge in [0.1, 0.15) is 12.3 Å². The summed E-state index contributed by atoms with van der Waals surface area (Å²) in [7, 11) is 5.04. The molecule has 2 aliphatic rings. The fourth-order valence-corrected chi connectivity index (χ4v) is 1.88. The molecular formula is C7H13N5O2. The zero-order valence-corrected chi connectivity index (χ0v) is 8.31. The second-order valence-electron chi connectivity index (χ2n) is 3.55. The Labute approximate surface area is 81.6 Å². The first-order valence-corrected chi connectivity index (χ1v) is 4.32. The van der Waals surface area contributed by atoms with Crippen molar-refractivity contribution in [3.8, 4) is 0 Å². The van der Waals surface area contributed by atoms with E-state index in [1.807, 2.05) is 0 Å². The number of hydrogen-bond donors (Lipinski definition) is 2. The minimum Gasteiger partial charge on any atom is -0.307 e. The predicted molar refractivity (Wildman–Crippen MR) is 47.9 cm³/mol. The Balaban J connectivity index is 2.29. The number of nitrogens with one attached hydrogen (secondary N) is 2. The van der Waals surface area contributed by atoms with Gasteiger partial charge in [-0.25, -0.2) is 15.0 Å². The monoisotopic (exact) mass is 199 g/mol. The van der Waals surface area contributed by atoms with Gasteiger partial charge in [0, 0.05) is 21.1 Å². The van der Waals surface area contributed by atoms with Gasteiger partial charge in [-0.1, -0.05) is 0 Å². The summed E-state index contributed by atoms with van der Waals surface area (Å²) in [5, 5.41) is 0. The first kappa shape index (κ1) is 9.07. The number of urea groups is 2. The highest BCUT2D eigenvalue weighted by atomic mass is 16.2. The molecule has 7 nitrogen and oxygen atoms in total. The molecule has 14 heavy (non-hydrogen) atoms. The number of amides is 4. The van der Waals surface area contributed by atoms with Gasteiger partial charge in [-0.3, -0.25) is 5.43 Å². The number of fused-ring (bicyclic) bond motifs is 1. The third-order valence-electron chi connectivity index (χ3n) is 2.74. The topological polar surface area (TPSA) is 67.9 Å². The van der Waals surface area contributed by atoms with E-state index in [-0.39, 0.29) is 24.4 Å². The molecule has 2 fully saturated rings. The Morgan fingerprint density at radius 1 is 1.07 bits per heavy atom. The zero-order chi connectivity index (χ0) is 10.5. The molecule has 0 aromatic carbocycles. The fraction of sp³-hybridized carbons (Fsp3) is 0.714. The largest absolute Gasteiger partial charge is 0.333 e. The number of hydrogen-bond acceptors (Lipinski definition) is 3. The van der Waals surface area contributed by atoms with Crippen LogP contribution in [0.3, 0.4) is 0 Å². The first-order chi connectivity index (χ1) is 6.54. The average Bonchev–Trinajstić information content (AvgIpc) is 2.38. The highest BCUT2D eigenvalue weighted by Crippen LogP contribution is 2.21. The molecule has 2 saturated heterocycles. The van der Waals surface area contributed by atoms with Crippen LogP contribution in [0, 0.1) is 0 Å². The van der Waals surface area contributed by atoms with Crippen LogP contribution in [0.25, 0.3) is 0 Å². The third kappa shape index (κ3) is 0.955. The molecule has 0 unspecified atom stereocenters. The van der Waals surface area contributed by atoms with E-state index < -0.39 is 0 Å². The van der Waals surface area contributed by atoms with Crippen LogP contribution in [0.15, 0.2) is 0 Å². The van der Waals surface area contributed by atoms with Crippen molar-refractivity contribution in [1.82, 2.24) is 25.6 Å². The first-order valence-electron chi connectivity index (χ1n) is 4.32. The fourth-order valence-electron chi connectivity index (χ4n) is 1.88. The van der Waals surface area contributed by atoms with Gasteiger partial charge in [0.25, 0.3) is 0 Å². The smallest absolute Gasteiger partial charge is 0.307 e. The molecule has 2 rings (SSSR count). The summed E-state index contributed by atoms with van der Waals surface area (Å²) in [4.78, 5) is 27.5. The number of likely N-dealkylation sites (N-methyl/N-ethyl adjacent to an activating group) is 3. The maximum atomic E-state index is 11.6. The van der Waals surface area contributed by atoms with E-state index in [2.05, 4.69) is 10.9 Å². The molecule has 0 bridgehead atoms. The van der Waals surface area contributed by atoms with Crippen LogP contribution in [0.2, 0.25) is 0 Å². The molecule has 0 radical (unpaired) electrons. The van der Waals surface area contributed by atoms with Gasteiger partial charge in [-0.05, 0) is 0 Å². The third-order valence-corrected chi connectivity index (χ3v) is 2.74. The minimum absolute atomic E-state index is 0.101. The molecule has 0 aromatic heterocycles. The lowest BCUT2D eigenvalue weighted by Gasteiger charge is -2.38. The van der Waals surface area contributed by atoms with E-state index in [1.54, 1.807) is 26.0 Å². The lowest BCUT2D eigenvalue weighted by atomic mass is 10.3. The summed E-state index contributed by atoms with van der Waals surface area (Å²) in [6.07, 6.45) is -0.448. The Morgan fingerprint density at radius 3 is 2.36 bits per heavy atom. The van der Waals surface area contributed by atoms with E-state index >= 15 is 0 Å². The van der Waals surface area contributed by atoms with Gasteiger partial charge in [0.15, 0.2) is 0 Å². The Morgan fingerprint density at radius 2 is 1.71 bits per heavy atom. The lowest BCUT2D eigenvalue weighted by Crippen LogP contribution is -2.67. The van der Waals surface area contributed by atoms with Crippen molar-refractivity contribution in [1.29, 1.82) is 0 Å². The van der Waals surface area contributed by atoms with Crippen LogP contribution >= 0.6 is 0 Å². The molecule has 0 aliphatic carbocycles. The number of carbonyl (C=O) groups excluding carboxylic acids is 2. The standard InChI is InChI=1S/C7H13N5O2/c1-10-4-5(12(3)7(10)14)11(2)6(13)9-8-4/h4-5,8H,1-3H3,(H,9,13)/t4-,5-/m1/s1. The maximum absolute atomic E-state index is 11.6. The molecule has 0 saturated carbocycles. The number of nitrogens with zero attached hydrogens (tertiary/aromatic N) is 3. The van der Waals surface area contributed by atoms with Gasteiger partial charge < -0.3 is 14.7 Å². The summed E-state index contributed by atoms with van der Waals surface area (Å²) < 4.78 is 0. The van der Waals surface area contributed by atoms with E-state index in [9.17, 15) is 9.59 Å². The highest BCUT2D eigenvalue weighted by Gasteiger charge is 2.48. The van der Waals surface area contributed by atoms with Gasteiger partial charge in [0.2, 0.25) is 0 Å². The van der Waals surface area contributed by atoms with Crippen LogP contribution in [0.4, 0.5) is 9.59 Å². The summed E-state index contributed by atoms with van der Waals surface area (Å²) in [5.74, 6) is 0. The van der Waals surface area contributed by atoms with Crippen molar-refractivity contribution >= 4 is 12.1 Å². The predicted octanol–water partition coefficient (Wildman–Crippen LogP) is -1.20. The summed E-state index contributed by atoms with van der Waals surface area (Å²) in [5.41, 5.74) is 5.29. The number of rotatable bonds is 0. The minimum atomic E-state index is -0.249. The van der Waals surface area contributed by atoms with Crippen molar-refractivity contribution in [2.45, 2.75) is 12.3 Å². The lowest BCUT2D eigenvalue weighted by molar-refractivity contribution is 0.0756. The van der Waals surface area contributed by atoms with Gasteiger partial charge in [0.05, 0.1) is 0 Å². The number of carbonyl (C=O) groups is 2. The molecule has 2 aliphatic heterocycles. The molecule has 7 heteroatoms. The van der Waals surface area contributed by atoms with Crippen LogP contribution in [-0.4, -0.2) is 60.2 Å². The summed E-state index contributed by atoms with van der Waals surface area (Å²) in [6.45, 7) is 0. The van der Waals surface area contributed by atoms with Crippen LogP contribution in [-0.2, 0) is 0 Å². The SMILES string of the molecule is CN1C(=O)NN[C@H]2[C@H]1N(C)C(=O)N2C. The van der Waals surface area contributed by atoms with E-state index in [4.69, 9.17) is 0 Å². The van der Waals surface area contributed by atoms with Crippen molar-refractivity contribution in [2.75, 3.05) is 21.1 Å². The van der Waals surface area contributed by atoms with Gasteiger partial charge >= 0.3 is 12.1 Å². The van der Waals surface area contributed by atoms with Crippen molar-refractivity contribution in [3.63, 3.8) is 0 Å². The molecule has 78 valence electrons. The normalized spacial score (nSPS) is 32.1. The molecule has 4 amide bonds. The maximum Gasteiger partial charge on any atom is 0.333 e.